The molecule has 4 unspecified atom stereocenters. The van der Waals surface area contributed by atoms with E-state index < -0.39 is 0 Å². The third-order valence-corrected chi connectivity index (χ3v) is 5.22. The molecule has 112 valence electrons. The van der Waals surface area contributed by atoms with Gasteiger partial charge in [0.1, 0.15) is 0 Å². The van der Waals surface area contributed by atoms with Crippen molar-refractivity contribution in [3.05, 3.63) is 35.4 Å². The van der Waals surface area contributed by atoms with Crippen LogP contribution in [-0.4, -0.2) is 30.1 Å². The van der Waals surface area contributed by atoms with Gasteiger partial charge >= 0.3 is 0 Å². The Balaban J connectivity index is 2.12. The topological polar surface area (TPSA) is 15.3 Å². The largest absolute Gasteiger partial charge is 0.314 e. The van der Waals surface area contributed by atoms with Crippen LogP contribution in [0.1, 0.15) is 51.3 Å². The van der Waals surface area contributed by atoms with Crippen LogP contribution in [0.5, 0.6) is 0 Å². The number of hydrogen-bond donors (Lipinski definition) is 1. The molecule has 0 aliphatic carbocycles. The van der Waals surface area contributed by atoms with Crippen molar-refractivity contribution in [2.45, 2.75) is 59.2 Å². The van der Waals surface area contributed by atoms with Crippen LogP contribution in [0.15, 0.2) is 24.3 Å². The molecule has 2 heteroatoms. The molecule has 1 fully saturated rings. The van der Waals surface area contributed by atoms with Gasteiger partial charge in [-0.2, -0.15) is 0 Å². The maximum absolute atomic E-state index is 3.65. The van der Waals surface area contributed by atoms with Crippen molar-refractivity contribution >= 4 is 0 Å². The third kappa shape index (κ3) is 3.07. The molecule has 1 saturated heterocycles. The average Bonchev–Trinajstić information content (AvgIpc) is 2.44. The summed E-state index contributed by atoms with van der Waals surface area (Å²) in [7, 11) is 0. The second kappa shape index (κ2) is 6.73. The summed E-state index contributed by atoms with van der Waals surface area (Å²) in [6, 6.07) is 10.6. The highest BCUT2D eigenvalue weighted by molar-refractivity contribution is 5.28. The molecule has 1 aromatic rings. The van der Waals surface area contributed by atoms with Gasteiger partial charge < -0.3 is 5.32 Å². The molecule has 2 rings (SSSR count). The van der Waals surface area contributed by atoms with Gasteiger partial charge in [0.25, 0.3) is 0 Å². The first-order chi connectivity index (χ1) is 9.56. The molecule has 0 amide bonds. The van der Waals surface area contributed by atoms with E-state index in [1.165, 1.54) is 24.1 Å². The van der Waals surface area contributed by atoms with Crippen molar-refractivity contribution in [3.63, 3.8) is 0 Å². The Bertz CT molecular complexity index is 429. The summed E-state index contributed by atoms with van der Waals surface area (Å²) in [5.74, 6) is 0.704. The number of hydrogen-bond acceptors (Lipinski definition) is 2. The second-order valence-electron chi connectivity index (χ2n) is 6.32. The first-order valence-corrected chi connectivity index (χ1v) is 8.10. The summed E-state index contributed by atoms with van der Waals surface area (Å²) in [5.41, 5.74) is 2.89. The van der Waals surface area contributed by atoms with Crippen LogP contribution in [-0.2, 0) is 0 Å². The summed E-state index contributed by atoms with van der Waals surface area (Å²) in [4.78, 5) is 2.68. The highest BCUT2D eigenvalue weighted by atomic mass is 15.2. The molecule has 0 saturated carbocycles. The quantitative estimate of drug-likeness (QED) is 0.899. The van der Waals surface area contributed by atoms with Gasteiger partial charge in [-0.3, -0.25) is 4.90 Å². The lowest BCUT2D eigenvalue weighted by Crippen LogP contribution is -2.53. The first kappa shape index (κ1) is 15.5. The SMILES string of the molecule is CCNC1CCN(C(C)c2ccccc2C)C(C)C1C. The van der Waals surface area contributed by atoms with E-state index in [1.54, 1.807) is 0 Å². The molecule has 20 heavy (non-hydrogen) atoms. The maximum Gasteiger partial charge on any atom is 0.0325 e. The fourth-order valence-electron chi connectivity index (χ4n) is 3.72. The lowest BCUT2D eigenvalue weighted by Gasteiger charge is -2.46. The standard InChI is InChI=1S/C18H30N2/c1-6-19-18-11-12-20(15(4)14(18)3)16(5)17-10-8-7-9-13(17)2/h7-10,14-16,18-19H,6,11-12H2,1-5H3. The van der Waals surface area contributed by atoms with Gasteiger partial charge in [0, 0.05) is 24.7 Å². The van der Waals surface area contributed by atoms with Gasteiger partial charge in [-0.15, -0.1) is 0 Å². The van der Waals surface area contributed by atoms with Gasteiger partial charge in [0.2, 0.25) is 0 Å². The first-order valence-electron chi connectivity index (χ1n) is 8.10. The van der Waals surface area contributed by atoms with Gasteiger partial charge in [0.05, 0.1) is 0 Å². The van der Waals surface area contributed by atoms with Crippen molar-refractivity contribution in [1.29, 1.82) is 0 Å². The third-order valence-electron chi connectivity index (χ3n) is 5.22. The molecule has 1 aromatic carbocycles. The molecule has 0 spiro atoms. The minimum atomic E-state index is 0.510. The molecule has 1 heterocycles. The lowest BCUT2D eigenvalue weighted by molar-refractivity contribution is 0.0527. The molecule has 1 aliphatic heterocycles. The highest BCUT2D eigenvalue weighted by Crippen LogP contribution is 2.32. The van der Waals surface area contributed by atoms with Crippen molar-refractivity contribution in [2.75, 3.05) is 13.1 Å². The number of benzene rings is 1. The van der Waals surface area contributed by atoms with Crippen molar-refractivity contribution < 1.29 is 0 Å². The van der Waals surface area contributed by atoms with E-state index in [0.29, 0.717) is 24.0 Å². The zero-order valence-electron chi connectivity index (χ0n) is 13.7. The predicted octanol–water partition coefficient (Wildman–Crippen LogP) is 3.76. The molecular weight excluding hydrogens is 244 g/mol. The van der Waals surface area contributed by atoms with Gasteiger partial charge in [-0.1, -0.05) is 38.1 Å². The normalized spacial score (nSPS) is 29.4. The Labute approximate surface area is 124 Å². The highest BCUT2D eigenvalue weighted by Gasteiger charge is 2.34. The summed E-state index contributed by atoms with van der Waals surface area (Å²) in [6.07, 6.45) is 1.26. The average molecular weight is 274 g/mol. The summed E-state index contributed by atoms with van der Waals surface area (Å²) >= 11 is 0. The van der Waals surface area contributed by atoms with Crippen molar-refractivity contribution in [1.82, 2.24) is 10.2 Å². The zero-order valence-corrected chi connectivity index (χ0v) is 13.7. The molecule has 1 aliphatic rings. The van der Waals surface area contributed by atoms with Crippen molar-refractivity contribution in [3.8, 4) is 0 Å². The maximum atomic E-state index is 3.65. The second-order valence-corrected chi connectivity index (χ2v) is 6.32. The van der Waals surface area contributed by atoms with E-state index in [1.807, 2.05) is 0 Å². The Kier molecular flexibility index (Phi) is 5.22. The number of likely N-dealkylation sites (tertiary alicyclic amines) is 1. The van der Waals surface area contributed by atoms with E-state index in [0.717, 1.165) is 6.54 Å². The van der Waals surface area contributed by atoms with E-state index >= 15 is 0 Å². The molecule has 0 bridgehead atoms. The summed E-state index contributed by atoms with van der Waals surface area (Å²) in [6.45, 7) is 13.9. The Morgan fingerprint density at radius 2 is 2.00 bits per heavy atom. The Morgan fingerprint density at radius 3 is 2.65 bits per heavy atom. The number of nitrogens with zero attached hydrogens (tertiary/aromatic N) is 1. The van der Waals surface area contributed by atoms with Crippen LogP contribution >= 0.6 is 0 Å². The van der Waals surface area contributed by atoms with E-state index in [9.17, 15) is 0 Å². The smallest absolute Gasteiger partial charge is 0.0325 e. The molecule has 4 atom stereocenters. The Hall–Kier alpha value is -0.860. The number of aryl methyl sites for hydroxylation is 1. The Morgan fingerprint density at radius 1 is 1.30 bits per heavy atom. The monoisotopic (exact) mass is 274 g/mol. The molecule has 2 nitrogen and oxygen atoms in total. The van der Waals surface area contributed by atoms with Gasteiger partial charge in [-0.25, -0.2) is 0 Å². The fourth-order valence-corrected chi connectivity index (χ4v) is 3.72. The summed E-state index contributed by atoms with van der Waals surface area (Å²) in [5, 5.41) is 3.65. The van der Waals surface area contributed by atoms with E-state index in [2.05, 4.69) is 69.1 Å². The van der Waals surface area contributed by atoms with Gasteiger partial charge in [0.15, 0.2) is 0 Å². The lowest BCUT2D eigenvalue weighted by atomic mass is 9.85. The molecule has 0 aromatic heterocycles. The molecule has 0 radical (unpaired) electrons. The number of rotatable bonds is 4. The number of nitrogens with one attached hydrogen (secondary N) is 1. The molecule has 1 N–H and O–H groups in total. The van der Waals surface area contributed by atoms with Crippen LogP contribution in [0.4, 0.5) is 0 Å². The van der Waals surface area contributed by atoms with Gasteiger partial charge in [-0.05, 0) is 50.8 Å². The van der Waals surface area contributed by atoms with E-state index in [-0.39, 0.29) is 0 Å². The fraction of sp³-hybridized carbons (Fsp3) is 0.667. The predicted molar refractivity (Wildman–Crippen MR) is 87.0 cm³/mol. The van der Waals surface area contributed by atoms with Crippen molar-refractivity contribution in [2.24, 2.45) is 5.92 Å². The van der Waals surface area contributed by atoms with Crippen LogP contribution in [0.3, 0.4) is 0 Å². The minimum Gasteiger partial charge on any atom is -0.314 e. The zero-order chi connectivity index (χ0) is 14.7. The molecular formula is C18H30N2. The minimum absolute atomic E-state index is 0.510. The van der Waals surface area contributed by atoms with Crippen LogP contribution < -0.4 is 5.32 Å². The van der Waals surface area contributed by atoms with Crippen LogP contribution in [0.2, 0.25) is 0 Å². The van der Waals surface area contributed by atoms with Crippen LogP contribution in [0.25, 0.3) is 0 Å². The number of piperidine rings is 1. The van der Waals surface area contributed by atoms with E-state index in [4.69, 9.17) is 0 Å². The summed E-state index contributed by atoms with van der Waals surface area (Å²) < 4.78 is 0. The van der Waals surface area contributed by atoms with Crippen LogP contribution in [0, 0.1) is 12.8 Å².